The van der Waals surface area contributed by atoms with E-state index in [9.17, 15) is 28.8 Å². The average molecular weight is 674 g/mol. The van der Waals surface area contributed by atoms with Gasteiger partial charge in [0.05, 0.1) is 10.6 Å². The van der Waals surface area contributed by atoms with Crippen LogP contribution in [0.4, 0.5) is 5.69 Å². The topological polar surface area (TPSA) is 128 Å². The first-order valence-corrected chi connectivity index (χ1v) is 15.9. The molecule has 0 unspecified atom stereocenters. The smallest absolute Gasteiger partial charge is 0.196 e. The SMILES string of the molecule is Nc1ccc2c(c1)C(=O)c1ccccc1C2=O.O=C1c2ccccc2C(=O)c2c(Cl)cccc21.O=C1c2ccccc2C(=O)c2ccccc21. The molecule has 9 rings (SSSR count). The summed E-state index contributed by atoms with van der Waals surface area (Å²) in [5, 5.41) is 0.329. The van der Waals surface area contributed by atoms with Gasteiger partial charge in [-0.15, -0.1) is 0 Å². The molecule has 7 nitrogen and oxygen atoms in total. The molecule has 6 aromatic carbocycles. The number of hydrogen-bond donors (Lipinski definition) is 1. The van der Waals surface area contributed by atoms with Crippen LogP contribution in [-0.2, 0) is 0 Å². The van der Waals surface area contributed by atoms with E-state index in [0.29, 0.717) is 77.5 Å². The lowest BCUT2D eigenvalue weighted by Gasteiger charge is -2.17. The van der Waals surface area contributed by atoms with E-state index < -0.39 is 0 Å². The second-order valence-corrected chi connectivity index (χ2v) is 12.0. The maximum absolute atomic E-state index is 12.2. The van der Waals surface area contributed by atoms with Crippen LogP contribution in [0.5, 0.6) is 0 Å². The molecule has 6 aromatic rings. The van der Waals surface area contributed by atoms with E-state index in [4.69, 9.17) is 17.3 Å². The van der Waals surface area contributed by atoms with Crippen LogP contribution in [0.15, 0.2) is 133 Å². The fraction of sp³-hybridized carbons (Fsp3) is 0. The lowest BCUT2D eigenvalue weighted by Crippen LogP contribution is -2.21. The Morgan fingerprint density at radius 2 is 0.620 bits per heavy atom. The molecule has 0 fully saturated rings. The molecule has 0 amide bonds. The van der Waals surface area contributed by atoms with Crippen LogP contribution < -0.4 is 5.73 Å². The summed E-state index contributed by atoms with van der Waals surface area (Å²) < 4.78 is 0. The summed E-state index contributed by atoms with van der Waals surface area (Å²) in [7, 11) is 0. The minimum absolute atomic E-state index is 0.0641. The second-order valence-electron chi connectivity index (χ2n) is 11.6. The first-order chi connectivity index (χ1) is 24.2. The molecule has 0 radical (unpaired) electrons. The van der Waals surface area contributed by atoms with Crippen molar-refractivity contribution in [3.63, 3.8) is 0 Å². The Kier molecular flexibility index (Phi) is 8.19. The summed E-state index contributed by atoms with van der Waals surface area (Å²) in [5.74, 6) is -0.701. The van der Waals surface area contributed by atoms with Crippen LogP contribution in [-0.4, -0.2) is 34.7 Å². The molecule has 2 N–H and O–H groups in total. The van der Waals surface area contributed by atoms with Gasteiger partial charge in [0.25, 0.3) is 0 Å². The predicted octanol–water partition coefficient (Wildman–Crippen LogP) is 7.62. The minimum atomic E-state index is -0.180. The molecule has 0 aliphatic heterocycles. The highest BCUT2D eigenvalue weighted by atomic mass is 35.5. The third-order valence-corrected chi connectivity index (χ3v) is 9.00. The molecular formula is C42H24ClNO6. The first kappa shape index (κ1) is 32.0. The van der Waals surface area contributed by atoms with Gasteiger partial charge in [-0.3, -0.25) is 28.8 Å². The molecule has 8 heteroatoms. The molecule has 0 bridgehead atoms. The minimum Gasteiger partial charge on any atom is -0.399 e. The first-order valence-electron chi connectivity index (χ1n) is 15.5. The number of benzene rings is 6. The average Bonchev–Trinajstić information content (AvgIpc) is 3.15. The third-order valence-electron chi connectivity index (χ3n) is 8.68. The highest BCUT2D eigenvalue weighted by Gasteiger charge is 2.32. The zero-order valence-electron chi connectivity index (χ0n) is 26.1. The molecule has 240 valence electrons. The van der Waals surface area contributed by atoms with E-state index in [1.807, 2.05) is 0 Å². The van der Waals surface area contributed by atoms with E-state index in [-0.39, 0.29) is 34.7 Å². The van der Waals surface area contributed by atoms with Crippen molar-refractivity contribution < 1.29 is 28.8 Å². The Hall–Kier alpha value is -6.57. The molecule has 3 aliphatic carbocycles. The van der Waals surface area contributed by atoms with E-state index >= 15 is 0 Å². The molecule has 0 heterocycles. The molecule has 3 aliphatic rings. The Morgan fingerprint density at radius 3 is 1.02 bits per heavy atom. The molecule has 0 saturated heterocycles. The van der Waals surface area contributed by atoms with Gasteiger partial charge in [0.1, 0.15) is 0 Å². The summed E-state index contributed by atoms with van der Waals surface area (Å²) in [5.41, 5.74) is 11.5. The van der Waals surface area contributed by atoms with Crippen molar-refractivity contribution in [2.75, 3.05) is 5.73 Å². The van der Waals surface area contributed by atoms with Gasteiger partial charge in [0, 0.05) is 66.9 Å². The van der Waals surface area contributed by atoms with Crippen molar-refractivity contribution in [2.24, 2.45) is 0 Å². The lowest BCUT2D eigenvalue weighted by molar-refractivity contribution is 0.0979. The van der Waals surface area contributed by atoms with Gasteiger partial charge in [-0.25, -0.2) is 0 Å². The fourth-order valence-electron chi connectivity index (χ4n) is 6.27. The van der Waals surface area contributed by atoms with Crippen LogP contribution in [0, 0.1) is 0 Å². The zero-order chi connectivity index (χ0) is 35.1. The Labute approximate surface area is 291 Å². The van der Waals surface area contributed by atoms with E-state index in [2.05, 4.69) is 0 Å². The summed E-state index contributed by atoms with van der Waals surface area (Å²) >= 11 is 6.00. The normalized spacial score (nSPS) is 13.2. The van der Waals surface area contributed by atoms with Gasteiger partial charge in [0.2, 0.25) is 0 Å². The Balaban J connectivity index is 0.000000118. The highest BCUT2D eigenvalue weighted by molar-refractivity contribution is 6.39. The molecule has 0 atom stereocenters. The fourth-order valence-corrected chi connectivity index (χ4v) is 6.53. The van der Waals surface area contributed by atoms with Crippen molar-refractivity contribution in [3.8, 4) is 0 Å². The van der Waals surface area contributed by atoms with Crippen LogP contribution in [0.2, 0.25) is 5.02 Å². The highest BCUT2D eigenvalue weighted by Crippen LogP contribution is 2.32. The molecule has 0 spiro atoms. The van der Waals surface area contributed by atoms with Crippen molar-refractivity contribution in [1.82, 2.24) is 0 Å². The summed E-state index contributed by atoms with van der Waals surface area (Å²) in [6, 6.07) is 37.3. The van der Waals surface area contributed by atoms with Gasteiger partial charge in [-0.2, -0.15) is 0 Å². The number of fused-ring (bicyclic) bond motifs is 6. The largest absolute Gasteiger partial charge is 0.399 e. The van der Waals surface area contributed by atoms with Crippen LogP contribution >= 0.6 is 11.6 Å². The lowest BCUT2D eigenvalue weighted by atomic mass is 9.84. The second kappa shape index (κ2) is 12.8. The number of ketones is 6. The molecular weight excluding hydrogens is 650 g/mol. The molecule has 50 heavy (non-hydrogen) atoms. The van der Waals surface area contributed by atoms with Gasteiger partial charge < -0.3 is 5.73 Å². The number of carbonyl (C=O) groups is 6. The summed E-state index contributed by atoms with van der Waals surface area (Å²) in [4.78, 5) is 73.0. The standard InChI is InChI=1S/C14H7ClO2.C14H9NO2.C14H8O2/c15-11-7-3-6-10-12(11)14(17)9-5-2-1-4-8(9)13(10)16;15-8-5-6-11-12(7-8)14(17)10-4-2-1-3-9(10)13(11)16;15-13-9-5-1-2-6-10(9)14(16)12-8-4-3-7-11(12)13/h1-7H;1-7H,15H2;1-8H. The Bertz CT molecular complexity index is 2350. The summed E-state index contributed by atoms with van der Waals surface area (Å²) in [6.45, 7) is 0. The van der Waals surface area contributed by atoms with Gasteiger partial charge in [-0.05, 0) is 24.3 Å². The number of nitrogen functional groups attached to an aromatic ring is 1. The monoisotopic (exact) mass is 673 g/mol. The van der Waals surface area contributed by atoms with Crippen LogP contribution in [0.3, 0.4) is 0 Å². The molecule has 0 aromatic heterocycles. The maximum atomic E-state index is 12.2. The van der Waals surface area contributed by atoms with Crippen molar-refractivity contribution in [2.45, 2.75) is 0 Å². The van der Waals surface area contributed by atoms with E-state index in [1.54, 1.807) is 133 Å². The van der Waals surface area contributed by atoms with E-state index in [0.717, 1.165) is 0 Å². The number of anilines is 1. The number of halogens is 1. The van der Waals surface area contributed by atoms with Crippen molar-refractivity contribution in [1.29, 1.82) is 0 Å². The molecule has 0 saturated carbocycles. The summed E-state index contributed by atoms with van der Waals surface area (Å²) in [6.07, 6.45) is 0. The number of nitrogens with two attached hydrogens (primary N) is 1. The quantitative estimate of drug-likeness (QED) is 0.164. The van der Waals surface area contributed by atoms with Crippen molar-refractivity contribution >= 4 is 52.0 Å². The zero-order valence-corrected chi connectivity index (χ0v) is 26.9. The third kappa shape index (κ3) is 5.36. The number of hydrogen-bond acceptors (Lipinski definition) is 7. The van der Waals surface area contributed by atoms with Crippen LogP contribution in [0.1, 0.15) is 95.5 Å². The van der Waals surface area contributed by atoms with Crippen molar-refractivity contribution in [3.05, 3.63) is 205 Å². The predicted molar refractivity (Wildman–Crippen MR) is 189 cm³/mol. The van der Waals surface area contributed by atoms with Crippen LogP contribution in [0.25, 0.3) is 0 Å². The van der Waals surface area contributed by atoms with Gasteiger partial charge in [0.15, 0.2) is 34.7 Å². The number of carbonyl (C=O) groups excluding carboxylic acids is 6. The van der Waals surface area contributed by atoms with Gasteiger partial charge in [-0.1, -0.05) is 121 Å². The van der Waals surface area contributed by atoms with Gasteiger partial charge >= 0.3 is 0 Å². The van der Waals surface area contributed by atoms with E-state index in [1.165, 1.54) is 0 Å². The maximum Gasteiger partial charge on any atom is 0.196 e. The Morgan fingerprint density at radius 1 is 0.320 bits per heavy atom. The number of rotatable bonds is 0.